The second-order valence-corrected chi connectivity index (χ2v) is 10.2. The van der Waals surface area contributed by atoms with Gasteiger partial charge in [-0.1, -0.05) is 26.3 Å². The summed E-state index contributed by atoms with van der Waals surface area (Å²) in [6.45, 7) is 9.78. The molecule has 3 N–H and O–H groups in total. The summed E-state index contributed by atoms with van der Waals surface area (Å²) in [7, 11) is 3.35. The normalized spacial score (nSPS) is 19.4. The molecule has 1 atom stereocenters. The molecular weight excluding hydrogens is 434 g/mol. The lowest BCUT2D eigenvalue weighted by Gasteiger charge is -2.39. The van der Waals surface area contributed by atoms with E-state index in [0.717, 1.165) is 30.6 Å². The summed E-state index contributed by atoms with van der Waals surface area (Å²) in [5.41, 5.74) is 0.360. The monoisotopic (exact) mass is 477 g/mol. The number of rotatable bonds is 8. The Morgan fingerprint density at radius 2 is 2.09 bits per heavy atom. The predicted octanol–water partition coefficient (Wildman–Crippen LogP) is 3.01. The van der Waals surface area contributed by atoms with Crippen molar-refractivity contribution in [2.75, 3.05) is 38.8 Å². The van der Waals surface area contributed by atoms with Gasteiger partial charge in [-0.25, -0.2) is 0 Å². The molecule has 3 rings (SSSR count). The van der Waals surface area contributed by atoms with Crippen LogP contribution in [0.2, 0.25) is 0 Å². The van der Waals surface area contributed by atoms with Crippen molar-refractivity contribution >= 4 is 17.5 Å². The lowest BCUT2D eigenvalue weighted by molar-refractivity contribution is -0.132. The van der Waals surface area contributed by atoms with E-state index in [0.29, 0.717) is 24.9 Å². The molecule has 8 nitrogen and oxygen atoms in total. The van der Waals surface area contributed by atoms with Gasteiger partial charge in [0.25, 0.3) is 5.91 Å². The van der Waals surface area contributed by atoms with Gasteiger partial charge in [0.1, 0.15) is 5.75 Å². The van der Waals surface area contributed by atoms with Crippen LogP contribution in [0.25, 0.3) is 0 Å². The Bertz CT molecular complexity index is 819. The first kappa shape index (κ1) is 28.1. The minimum Gasteiger partial charge on any atom is -0.476 e. The van der Waals surface area contributed by atoms with Crippen LogP contribution in [0.3, 0.4) is 0 Å². The average molecular weight is 478 g/mol. The standard InChI is InChI=1S/C15H21NO4.C11H22N2O/c1-15(2)14(18)16(7-4-8-19-3)12-9-11(10-17)5-6-13(12)20-15;1-11(2,10(14)12-3)8-9-6-4-5-7-13-9/h5-6,9,17H,4,7-8,10H2,1-3H3;9,13H,4-8H2,1-3H3,(H,12,14)/t;9-/m.0/s1. The van der Waals surface area contributed by atoms with E-state index in [9.17, 15) is 14.7 Å². The summed E-state index contributed by atoms with van der Waals surface area (Å²) in [6, 6.07) is 5.93. The summed E-state index contributed by atoms with van der Waals surface area (Å²) >= 11 is 0. The minimum absolute atomic E-state index is 0.0588. The molecule has 0 radical (unpaired) electrons. The quantitative estimate of drug-likeness (QED) is 0.498. The number of fused-ring (bicyclic) bond motifs is 1. The third-order valence-corrected chi connectivity index (χ3v) is 6.36. The molecule has 2 amide bonds. The van der Waals surface area contributed by atoms with Crippen molar-refractivity contribution in [2.45, 2.75) is 78.0 Å². The molecule has 0 bridgehead atoms. The first-order valence-corrected chi connectivity index (χ1v) is 12.2. The van der Waals surface area contributed by atoms with Crippen molar-refractivity contribution < 1.29 is 24.2 Å². The van der Waals surface area contributed by atoms with Crippen LogP contribution in [-0.4, -0.2) is 62.4 Å². The van der Waals surface area contributed by atoms with E-state index in [-0.39, 0.29) is 23.8 Å². The molecule has 0 aromatic heterocycles. The fourth-order valence-electron chi connectivity index (χ4n) is 4.45. The summed E-state index contributed by atoms with van der Waals surface area (Å²) < 4.78 is 10.8. The highest BCUT2D eigenvalue weighted by Gasteiger charge is 2.40. The highest BCUT2D eigenvalue weighted by atomic mass is 16.5. The molecule has 0 aliphatic carbocycles. The Kier molecular flexibility index (Phi) is 10.3. The van der Waals surface area contributed by atoms with Gasteiger partial charge in [0.2, 0.25) is 5.91 Å². The Morgan fingerprint density at radius 3 is 2.68 bits per heavy atom. The Balaban J connectivity index is 0.000000257. The van der Waals surface area contributed by atoms with Crippen molar-refractivity contribution in [1.82, 2.24) is 10.6 Å². The number of carbonyl (C=O) groups is 2. The van der Waals surface area contributed by atoms with Crippen molar-refractivity contribution in [3.8, 4) is 5.75 Å². The molecular formula is C26H43N3O5. The number of hydrogen-bond donors (Lipinski definition) is 3. The fourth-order valence-corrected chi connectivity index (χ4v) is 4.45. The number of ether oxygens (including phenoxy) is 2. The summed E-state index contributed by atoms with van der Waals surface area (Å²) in [5.74, 6) is 0.741. The number of benzene rings is 1. The molecule has 192 valence electrons. The van der Waals surface area contributed by atoms with Crippen molar-refractivity contribution in [2.24, 2.45) is 5.41 Å². The van der Waals surface area contributed by atoms with Crippen LogP contribution in [0.5, 0.6) is 5.75 Å². The fraction of sp³-hybridized carbons (Fsp3) is 0.692. The second-order valence-electron chi connectivity index (χ2n) is 10.2. The van der Waals surface area contributed by atoms with Crippen molar-refractivity contribution in [3.63, 3.8) is 0 Å². The van der Waals surface area contributed by atoms with Gasteiger partial charge >= 0.3 is 0 Å². The summed E-state index contributed by atoms with van der Waals surface area (Å²) in [5, 5.41) is 15.4. The van der Waals surface area contributed by atoms with E-state index in [1.807, 2.05) is 13.8 Å². The number of carbonyl (C=O) groups excluding carboxylic acids is 2. The van der Waals surface area contributed by atoms with Crippen LogP contribution in [0.15, 0.2) is 18.2 Å². The maximum absolute atomic E-state index is 12.5. The Hall–Kier alpha value is -2.16. The molecule has 0 unspecified atom stereocenters. The number of aliphatic hydroxyl groups is 1. The molecule has 2 aliphatic rings. The van der Waals surface area contributed by atoms with Gasteiger partial charge in [0.05, 0.1) is 12.3 Å². The maximum atomic E-state index is 12.5. The molecule has 1 saturated heterocycles. The second kappa shape index (κ2) is 12.5. The van der Waals surface area contributed by atoms with Gasteiger partial charge in [-0.15, -0.1) is 0 Å². The van der Waals surface area contributed by atoms with Crippen LogP contribution >= 0.6 is 0 Å². The van der Waals surface area contributed by atoms with Gasteiger partial charge in [-0.2, -0.15) is 0 Å². The van der Waals surface area contributed by atoms with Gasteiger partial charge in [0.15, 0.2) is 5.60 Å². The van der Waals surface area contributed by atoms with Crippen LogP contribution in [0.1, 0.15) is 65.4 Å². The van der Waals surface area contributed by atoms with E-state index < -0.39 is 5.60 Å². The number of nitrogens with one attached hydrogen (secondary N) is 2. The molecule has 1 aromatic rings. The number of aliphatic hydroxyl groups excluding tert-OH is 1. The van der Waals surface area contributed by atoms with Crippen LogP contribution in [0.4, 0.5) is 5.69 Å². The van der Waals surface area contributed by atoms with E-state index in [2.05, 4.69) is 10.6 Å². The third-order valence-electron chi connectivity index (χ3n) is 6.36. The Morgan fingerprint density at radius 1 is 1.35 bits per heavy atom. The lowest BCUT2D eigenvalue weighted by atomic mass is 9.82. The van der Waals surface area contributed by atoms with E-state index in [1.165, 1.54) is 19.3 Å². The van der Waals surface area contributed by atoms with Gasteiger partial charge < -0.3 is 30.1 Å². The number of amides is 2. The maximum Gasteiger partial charge on any atom is 0.270 e. The lowest BCUT2D eigenvalue weighted by Crippen LogP contribution is -2.52. The molecule has 0 spiro atoms. The number of piperidine rings is 1. The molecule has 1 fully saturated rings. The minimum atomic E-state index is -0.874. The predicted molar refractivity (Wildman–Crippen MR) is 134 cm³/mol. The van der Waals surface area contributed by atoms with Crippen molar-refractivity contribution in [1.29, 1.82) is 0 Å². The first-order chi connectivity index (χ1) is 16.1. The highest BCUT2D eigenvalue weighted by Crippen LogP contribution is 2.38. The topological polar surface area (TPSA) is 100 Å². The first-order valence-electron chi connectivity index (χ1n) is 12.2. The average Bonchev–Trinajstić information content (AvgIpc) is 2.81. The SMILES string of the molecule is CNC(=O)C(C)(C)C[C@@H]1CCCCN1.COCCCN1C(=O)C(C)(C)Oc2ccc(CO)cc21. The number of nitrogens with zero attached hydrogens (tertiary/aromatic N) is 1. The third kappa shape index (κ3) is 7.42. The molecule has 2 heterocycles. The van der Waals surface area contributed by atoms with Gasteiger partial charge in [0, 0.05) is 38.8 Å². The molecule has 2 aliphatic heterocycles. The zero-order valence-corrected chi connectivity index (χ0v) is 21.7. The highest BCUT2D eigenvalue weighted by molar-refractivity contribution is 6.02. The summed E-state index contributed by atoms with van der Waals surface area (Å²) in [6.07, 6.45) is 5.46. The number of anilines is 1. The van der Waals surface area contributed by atoms with Crippen LogP contribution in [0, 0.1) is 5.41 Å². The van der Waals surface area contributed by atoms with E-state index >= 15 is 0 Å². The zero-order valence-electron chi connectivity index (χ0n) is 21.7. The van der Waals surface area contributed by atoms with E-state index in [4.69, 9.17) is 9.47 Å². The largest absolute Gasteiger partial charge is 0.476 e. The van der Waals surface area contributed by atoms with Crippen molar-refractivity contribution in [3.05, 3.63) is 23.8 Å². The van der Waals surface area contributed by atoms with Crippen LogP contribution < -0.4 is 20.3 Å². The molecule has 0 saturated carbocycles. The zero-order chi connectivity index (χ0) is 25.4. The number of hydrogen-bond acceptors (Lipinski definition) is 6. The smallest absolute Gasteiger partial charge is 0.270 e. The summed E-state index contributed by atoms with van der Waals surface area (Å²) in [4.78, 5) is 25.8. The van der Waals surface area contributed by atoms with Gasteiger partial charge in [-0.3, -0.25) is 9.59 Å². The molecule has 34 heavy (non-hydrogen) atoms. The number of methoxy groups -OCH3 is 1. The Labute approximate surface area is 204 Å². The molecule has 8 heteroatoms. The van der Waals surface area contributed by atoms with Crippen LogP contribution in [-0.2, 0) is 20.9 Å². The molecule has 1 aromatic carbocycles. The van der Waals surface area contributed by atoms with E-state index in [1.54, 1.807) is 51.1 Å². The van der Waals surface area contributed by atoms with Gasteiger partial charge in [-0.05, 0) is 63.8 Å².